The third-order valence-corrected chi connectivity index (χ3v) is 5.19. The molecule has 2 N–H and O–H groups in total. The second-order valence-corrected chi connectivity index (χ2v) is 7.50. The maximum Gasteiger partial charge on any atom is 0.253 e. The fourth-order valence-corrected chi connectivity index (χ4v) is 3.53. The van der Waals surface area contributed by atoms with Gasteiger partial charge in [-0.3, -0.25) is 15.6 Å². The van der Waals surface area contributed by atoms with Crippen molar-refractivity contribution >= 4 is 11.6 Å². The quantitative estimate of drug-likeness (QED) is 0.790. The highest BCUT2D eigenvalue weighted by Gasteiger charge is 2.24. The van der Waals surface area contributed by atoms with E-state index in [1.165, 1.54) is 5.56 Å². The second-order valence-electron chi connectivity index (χ2n) is 7.50. The van der Waals surface area contributed by atoms with E-state index in [-0.39, 0.29) is 5.91 Å². The molecule has 0 aliphatic carbocycles. The maximum atomic E-state index is 12.7. The van der Waals surface area contributed by atoms with Gasteiger partial charge in [-0.15, -0.1) is 0 Å². The molecule has 5 heteroatoms. The maximum absolute atomic E-state index is 12.7. The van der Waals surface area contributed by atoms with E-state index in [1.807, 2.05) is 61.3 Å². The standard InChI is InChI=1S/C22H30N4O/c1-25(2)20-13-7-11-18(15-20)22(27)26(3)14-8-12-19-16-21(24-23-19)17-9-5-4-6-10-17/h4-7,9-11,13,15,19,21,23-24H,8,12,14,16H2,1-3H3. The highest BCUT2D eigenvalue weighted by molar-refractivity contribution is 5.95. The predicted molar refractivity (Wildman–Crippen MR) is 111 cm³/mol. The lowest BCUT2D eigenvalue weighted by Crippen LogP contribution is -2.32. The molecule has 2 aromatic carbocycles. The highest BCUT2D eigenvalue weighted by atomic mass is 16.2. The van der Waals surface area contributed by atoms with Crippen LogP contribution < -0.4 is 15.8 Å². The molecule has 1 saturated heterocycles. The van der Waals surface area contributed by atoms with Gasteiger partial charge in [0, 0.05) is 51.0 Å². The van der Waals surface area contributed by atoms with Crippen LogP contribution >= 0.6 is 0 Å². The number of amides is 1. The van der Waals surface area contributed by atoms with Crippen LogP contribution in [0.25, 0.3) is 0 Å². The van der Waals surface area contributed by atoms with Gasteiger partial charge in [-0.25, -0.2) is 0 Å². The van der Waals surface area contributed by atoms with Crippen LogP contribution in [-0.2, 0) is 0 Å². The molecule has 1 fully saturated rings. The molecule has 2 unspecified atom stereocenters. The number of hydrogen-bond donors (Lipinski definition) is 2. The molecule has 3 rings (SSSR count). The number of carbonyl (C=O) groups excluding carboxylic acids is 1. The molecule has 0 bridgehead atoms. The minimum atomic E-state index is 0.0818. The largest absolute Gasteiger partial charge is 0.378 e. The van der Waals surface area contributed by atoms with Gasteiger partial charge in [-0.2, -0.15) is 0 Å². The van der Waals surface area contributed by atoms with Crippen LogP contribution in [0, 0.1) is 0 Å². The van der Waals surface area contributed by atoms with Crippen LogP contribution in [0.5, 0.6) is 0 Å². The number of anilines is 1. The molecule has 0 spiro atoms. The number of benzene rings is 2. The molecule has 0 radical (unpaired) electrons. The van der Waals surface area contributed by atoms with E-state index in [2.05, 4.69) is 35.1 Å². The molecule has 1 heterocycles. The molecule has 1 amide bonds. The summed E-state index contributed by atoms with van der Waals surface area (Å²) >= 11 is 0. The van der Waals surface area contributed by atoms with E-state index in [0.29, 0.717) is 12.1 Å². The molecule has 1 aliphatic rings. The van der Waals surface area contributed by atoms with Gasteiger partial charge in [0.25, 0.3) is 5.91 Å². The average molecular weight is 367 g/mol. The highest BCUT2D eigenvalue weighted by Crippen LogP contribution is 2.24. The summed E-state index contributed by atoms with van der Waals surface area (Å²) in [6.45, 7) is 0.763. The third kappa shape index (κ3) is 5.08. The lowest BCUT2D eigenvalue weighted by Gasteiger charge is -2.20. The minimum absolute atomic E-state index is 0.0818. The first-order valence-electron chi connectivity index (χ1n) is 9.63. The Morgan fingerprint density at radius 2 is 1.81 bits per heavy atom. The van der Waals surface area contributed by atoms with Crippen molar-refractivity contribution in [2.75, 3.05) is 32.6 Å². The minimum Gasteiger partial charge on any atom is -0.378 e. The van der Waals surface area contributed by atoms with Crippen molar-refractivity contribution in [1.29, 1.82) is 0 Å². The second kappa shape index (κ2) is 9.02. The van der Waals surface area contributed by atoms with Gasteiger partial charge < -0.3 is 9.80 Å². The summed E-state index contributed by atoms with van der Waals surface area (Å²) in [7, 11) is 5.86. The van der Waals surface area contributed by atoms with Crippen LogP contribution in [0.2, 0.25) is 0 Å². The first kappa shape index (κ1) is 19.4. The van der Waals surface area contributed by atoms with Crippen LogP contribution in [-0.4, -0.2) is 44.5 Å². The molecule has 27 heavy (non-hydrogen) atoms. The zero-order valence-corrected chi connectivity index (χ0v) is 16.5. The first-order chi connectivity index (χ1) is 13.0. The topological polar surface area (TPSA) is 47.6 Å². The van der Waals surface area contributed by atoms with E-state index in [1.54, 1.807) is 0 Å². The molecule has 0 aromatic heterocycles. The number of rotatable bonds is 7. The van der Waals surface area contributed by atoms with Gasteiger partial charge in [0.15, 0.2) is 0 Å². The summed E-state index contributed by atoms with van der Waals surface area (Å²) in [5.41, 5.74) is 9.90. The number of hydrazine groups is 1. The van der Waals surface area contributed by atoms with E-state index in [4.69, 9.17) is 0 Å². The molecule has 0 saturated carbocycles. The van der Waals surface area contributed by atoms with Gasteiger partial charge in [0.2, 0.25) is 0 Å². The predicted octanol–water partition coefficient (Wildman–Crippen LogP) is 3.21. The van der Waals surface area contributed by atoms with Gasteiger partial charge in [0.1, 0.15) is 0 Å². The van der Waals surface area contributed by atoms with Crippen molar-refractivity contribution in [3.05, 3.63) is 65.7 Å². The summed E-state index contributed by atoms with van der Waals surface area (Å²) in [6.07, 6.45) is 3.11. The van der Waals surface area contributed by atoms with Crippen LogP contribution in [0.15, 0.2) is 54.6 Å². The van der Waals surface area contributed by atoms with Crippen LogP contribution in [0.1, 0.15) is 41.2 Å². The normalized spacial score (nSPS) is 19.1. The van der Waals surface area contributed by atoms with E-state index < -0.39 is 0 Å². The monoisotopic (exact) mass is 366 g/mol. The zero-order chi connectivity index (χ0) is 19.2. The summed E-state index contributed by atoms with van der Waals surface area (Å²) in [6, 6.07) is 19.1. The van der Waals surface area contributed by atoms with Crippen molar-refractivity contribution in [2.45, 2.75) is 31.3 Å². The molecule has 2 atom stereocenters. The Hall–Kier alpha value is -2.37. The Balaban J connectivity index is 1.45. The van der Waals surface area contributed by atoms with Gasteiger partial charge in [-0.1, -0.05) is 36.4 Å². The molecule has 5 nitrogen and oxygen atoms in total. The van der Waals surface area contributed by atoms with Crippen molar-refractivity contribution in [1.82, 2.24) is 15.8 Å². The average Bonchev–Trinajstić information content (AvgIpc) is 3.17. The molecular formula is C22H30N4O. The molecule has 144 valence electrons. The Labute approximate surface area is 162 Å². The van der Waals surface area contributed by atoms with Gasteiger partial charge in [-0.05, 0) is 43.0 Å². The molecular weight excluding hydrogens is 336 g/mol. The van der Waals surface area contributed by atoms with Gasteiger partial charge >= 0.3 is 0 Å². The van der Waals surface area contributed by atoms with Crippen LogP contribution in [0.3, 0.4) is 0 Å². The zero-order valence-electron chi connectivity index (χ0n) is 16.5. The molecule has 1 aliphatic heterocycles. The number of nitrogens with zero attached hydrogens (tertiary/aromatic N) is 2. The van der Waals surface area contributed by atoms with Gasteiger partial charge in [0.05, 0.1) is 0 Å². The number of nitrogens with one attached hydrogen (secondary N) is 2. The fourth-order valence-electron chi connectivity index (χ4n) is 3.53. The lowest BCUT2D eigenvalue weighted by molar-refractivity contribution is 0.0791. The van der Waals surface area contributed by atoms with Crippen LogP contribution in [0.4, 0.5) is 5.69 Å². The van der Waals surface area contributed by atoms with Crippen molar-refractivity contribution in [3.63, 3.8) is 0 Å². The van der Waals surface area contributed by atoms with Crippen molar-refractivity contribution in [3.8, 4) is 0 Å². The van der Waals surface area contributed by atoms with Crippen molar-refractivity contribution < 1.29 is 4.79 Å². The SMILES string of the molecule is CN(CCCC1CC(c2ccccc2)NN1)C(=O)c1cccc(N(C)C)c1. The number of hydrogen-bond acceptors (Lipinski definition) is 4. The summed E-state index contributed by atoms with van der Waals surface area (Å²) in [5.74, 6) is 0.0818. The molecule has 2 aromatic rings. The lowest BCUT2D eigenvalue weighted by atomic mass is 10.00. The third-order valence-electron chi connectivity index (χ3n) is 5.19. The fraction of sp³-hybridized carbons (Fsp3) is 0.409. The number of carbonyl (C=O) groups is 1. The first-order valence-corrected chi connectivity index (χ1v) is 9.63. The summed E-state index contributed by atoms with van der Waals surface area (Å²) < 4.78 is 0. The Kier molecular flexibility index (Phi) is 6.48. The van der Waals surface area contributed by atoms with Crippen molar-refractivity contribution in [2.24, 2.45) is 0 Å². The van der Waals surface area contributed by atoms with E-state index in [9.17, 15) is 4.79 Å². The Morgan fingerprint density at radius 3 is 2.56 bits per heavy atom. The summed E-state index contributed by atoms with van der Waals surface area (Å²) in [4.78, 5) is 16.5. The van der Waals surface area contributed by atoms with E-state index in [0.717, 1.165) is 37.1 Å². The summed E-state index contributed by atoms with van der Waals surface area (Å²) in [5, 5.41) is 0. The smallest absolute Gasteiger partial charge is 0.253 e. The Bertz CT molecular complexity index is 747. The Morgan fingerprint density at radius 1 is 1.04 bits per heavy atom. The van der Waals surface area contributed by atoms with E-state index >= 15 is 0 Å².